The van der Waals surface area contributed by atoms with E-state index in [0.717, 1.165) is 16.8 Å². The second-order valence-electron chi connectivity index (χ2n) is 8.22. The Hall–Kier alpha value is -2.91. The van der Waals surface area contributed by atoms with Crippen LogP contribution in [0.2, 0.25) is 0 Å². The Labute approximate surface area is 177 Å². The van der Waals surface area contributed by atoms with E-state index in [4.69, 9.17) is 4.42 Å². The lowest BCUT2D eigenvalue weighted by Crippen LogP contribution is -2.42. The third-order valence-electron chi connectivity index (χ3n) is 6.12. The molecule has 0 N–H and O–H groups in total. The molecule has 0 saturated carbocycles. The summed E-state index contributed by atoms with van der Waals surface area (Å²) in [6.45, 7) is 5.06. The van der Waals surface area contributed by atoms with Gasteiger partial charge in [-0.15, -0.1) is 10.2 Å². The molecule has 0 bridgehead atoms. The zero-order chi connectivity index (χ0) is 22.3. The zero-order valence-electron chi connectivity index (χ0n) is 17.3. The molecule has 7 nitrogen and oxygen atoms in total. The van der Waals surface area contributed by atoms with Crippen LogP contribution in [-0.4, -0.2) is 46.5 Å². The minimum Gasteiger partial charge on any atom is -0.417 e. The number of carbonyl (C=O) groups excluding carboxylic acids is 2. The van der Waals surface area contributed by atoms with Gasteiger partial charge in [0.15, 0.2) is 0 Å². The lowest BCUT2D eigenvalue weighted by molar-refractivity contribution is -0.157. The van der Waals surface area contributed by atoms with E-state index in [1.54, 1.807) is 9.80 Å². The van der Waals surface area contributed by atoms with Crippen molar-refractivity contribution in [3.8, 4) is 0 Å². The first kappa shape index (κ1) is 21.3. The number of hydrogen-bond acceptors (Lipinski definition) is 5. The number of benzene rings is 1. The number of carbonyl (C=O) groups is 2. The van der Waals surface area contributed by atoms with Crippen LogP contribution < -0.4 is 4.90 Å². The summed E-state index contributed by atoms with van der Waals surface area (Å²) in [5.41, 5.74) is 3.00. The van der Waals surface area contributed by atoms with Gasteiger partial charge in [-0.1, -0.05) is 6.07 Å². The summed E-state index contributed by atoms with van der Waals surface area (Å²) in [5, 5.41) is 6.60. The molecule has 1 aromatic heterocycles. The number of nitrogens with zero attached hydrogens (tertiary/aromatic N) is 4. The molecule has 1 aromatic carbocycles. The highest BCUT2D eigenvalue weighted by Crippen LogP contribution is 2.34. The SMILES string of the molecule is Cc1ccc(N2CC(C(=O)N3CCC(c4nnc(C(F)(F)F)o4)CC3)CC2=O)cc1C. The van der Waals surface area contributed by atoms with Crippen LogP contribution in [0.5, 0.6) is 0 Å². The molecule has 2 aliphatic heterocycles. The maximum atomic E-state index is 13.0. The number of amides is 2. The normalized spacial score (nSPS) is 20.5. The van der Waals surface area contributed by atoms with E-state index in [0.29, 0.717) is 32.5 Å². The van der Waals surface area contributed by atoms with Gasteiger partial charge in [-0.3, -0.25) is 9.59 Å². The molecule has 4 rings (SSSR count). The number of aromatic nitrogens is 2. The molecular weight excluding hydrogens is 413 g/mol. The summed E-state index contributed by atoms with van der Waals surface area (Å²) in [4.78, 5) is 28.8. The molecule has 2 aliphatic rings. The lowest BCUT2D eigenvalue weighted by Gasteiger charge is -2.32. The van der Waals surface area contributed by atoms with Crippen LogP contribution in [0.1, 0.15) is 48.1 Å². The largest absolute Gasteiger partial charge is 0.470 e. The van der Waals surface area contributed by atoms with Crippen LogP contribution in [0.25, 0.3) is 0 Å². The predicted molar refractivity (Wildman–Crippen MR) is 104 cm³/mol. The van der Waals surface area contributed by atoms with Crippen molar-refractivity contribution in [3.63, 3.8) is 0 Å². The summed E-state index contributed by atoms with van der Waals surface area (Å²) < 4.78 is 42.7. The number of halogens is 3. The first-order valence-corrected chi connectivity index (χ1v) is 10.2. The number of alkyl halides is 3. The van der Waals surface area contributed by atoms with Crippen molar-refractivity contribution in [3.05, 3.63) is 41.1 Å². The maximum absolute atomic E-state index is 13.0. The number of aryl methyl sites for hydroxylation is 2. The van der Waals surface area contributed by atoms with Gasteiger partial charge in [0.2, 0.25) is 17.7 Å². The van der Waals surface area contributed by atoms with Crippen molar-refractivity contribution in [1.29, 1.82) is 0 Å². The summed E-state index contributed by atoms with van der Waals surface area (Å²) in [7, 11) is 0. The third kappa shape index (κ3) is 4.28. The van der Waals surface area contributed by atoms with Gasteiger partial charge in [0.25, 0.3) is 0 Å². The molecule has 2 aromatic rings. The quantitative estimate of drug-likeness (QED) is 0.736. The molecule has 0 spiro atoms. The average Bonchev–Trinajstić information content (AvgIpc) is 3.37. The van der Waals surface area contributed by atoms with Crippen molar-refractivity contribution in [2.24, 2.45) is 5.92 Å². The van der Waals surface area contributed by atoms with E-state index in [1.165, 1.54) is 0 Å². The molecule has 3 heterocycles. The van der Waals surface area contributed by atoms with Crippen LogP contribution in [-0.2, 0) is 15.8 Å². The van der Waals surface area contributed by atoms with Gasteiger partial charge in [-0.2, -0.15) is 13.2 Å². The summed E-state index contributed by atoms with van der Waals surface area (Å²) in [6.07, 6.45) is -3.64. The molecule has 2 fully saturated rings. The van der Waals surface area contributed by atoms with Crippen molar-refractivity contribution in [1.82, 2.24) is 15.1 Å². The fourth-order valence-corrected chi connectivity index (χ4v) is 4.14. The predicted octanol–water partition coefficient (Wildman–Crippen LogP) is 3.46. The average molecular weight is 436 g/mol. The van der Waals surface area contributed by atoms with E-state index in [1.807, 2.05) is 32.0 Å². The smallest absolute Gasteiger partial charge is 0.417 e. The summed E-state index contributed by atoms with van der Waals surface area (Å²) in [5.74, 6) is -2.31. The molecule has 2 amide bonds. The summed E-state index contributed by atoms with van der Waals surface area (Å²) >= 11 is 0. The fourth-order valence-electron chi connectivity index (χ4n) is 4.14. The van der Waals surface area contributed by atoms with Crippen LogP contribution in [0, 0.1) is 19.8 Å². The van der Waals surface area contributed by atoms with Crippen LogP contribution >= 0.6 is 0 Å². The van der Waals surface area contributed by atoms with Gasteiger partial charge in [-0.05, 0) is 49.9 Å². The minimum atomic E-state index is -4.67. The van der Waals surface area contributed by atoms with Crippen molar-refractivity contribution < 1.29 is 27.2 Å². The third-order valence-corrected chi connectivity index (χ3v) is 6.12. The molecular formula is C21H23F3N4O3. The number of piperidine rings is 1. The highest BCUT2D eigenvalue weighted by atomic mass is 19.4. The highest BCUT2D eigenvalue weighted by Gasteiger charge is 2.41. The van der Waals surface area contributed by atoms with Crippen LogP contribution in [0.3, 0.4) is 0 Å². The number of likely N-dealkylation sites (tertiary alicyclic amines) is 1. The molecule has 31 heavy (non-hydrogen) atoms. The first-order valence-electron chi connectivity index (χ1n) is 10.2. The minimum absolute atomic E-state index is 0.0450. The Morgan fingerprint density at radius 2 is 1.84 bits per heavy atom. The van der Waals surface area contributed by atoms with E-state index < -0.39 is 18.0 Å². The summed E-state index contributed by atoms with van der Waals surface area (Å²) in [6, 6.07) is 5.79. The number of rotatable bonds is 3. The lowest BCUT2D eigenvalue weighted by atomic mass is 9.95. The molecule has 2 saturated heterocycles. The van der Waals surface area contributed by atoms with E-state index in [2.05, 4.69) is 10.2 Å². The second-order valence-corrected chi connectivity index (χ2v) is 8.22. The molecule has 1 atom stereocenters. The van der Waals surface area contributed by atoms with Crippen molar-refractivity contribution in [2.75, 3.05) is 24.5 Å². The fraction of sp³-hybridized carbons (Fsp3) is 0.524. The number of anilines is 1. The topological polar surface area (TPSA) is 79.5 Å². The first-order chi connectivity index (χ1) is 14.6. The molecule has 10 heteroatoms. The van der Waals surface area contributed by atoms with Crippen LogP contribution in [0.4, 0.5) is 18.9 Å². The van der Waals surface area contributed by atoms with E-state index in [-0.39, 0.29) is 30.0 Å². The Morgan fingerprint density at radius 1 is 1.13 bits per heavy atom. The Bertz CT molecular complexity index is 996. The Kier molecular flexibility index (Phi) is 5.49. The highest BCUT2D eigenvalue weighted by molar-refractivity contribution is 6.00. The Balaban J connectivity index is 1.36. The van der Waals surface area contributed by atoms with Gasteiger partial charge in [-0.25, -0.2) is 0 Å². The molecule has 0 radical (unpaired) electrons. The van der Waals surface area contributed by atoms with Gasteiger partial charge >= 0.3 is 12.1 Å². The molecule has 166 valence electrons. The van der Waals surface area contributed by atoms with E-state index >= 15 is 0 Å². The van der Waals surface area contributed by atoms with Gasteiger partial charge in [0.1, 0.15) is 0 Å². The molecule has 1 unspecified atom stereocenters. The van der Waals surface area contributed by atoms with Gasteiger partial charge < -0.3 is 14.2 Å². The Morgan fingerprint density at radius 3 is 2.45 bits per heavy atom. The van der Waals surface area contributed by atoms with Crippen LogP contribution in [0.15, 0.2) is 22.6 Å². The van der Waals surface area contributed by atoms with Gasteiger partial charge in [0, 0.05) is 37.7 Å². The second kappa shape index (κ2) is 7.97. The number of hydrogen-bond donors (Lipinski definition) is 0. The monoisotopic (exact) mass is 436 g/mol. The maximum Gasteiger partial charge on any atom is 0.470 e. The van der Waals surface area contributed by atoms with E-state index in [9.17, 15) is 22.8 Å². The zero-order valence-corrected chi connectivity index (χ0v) is 17.3. The van der Waals surface area contributed by atoms with Crippen molar-refractivity contribution >= 4 is 17.5 Å². The van der Waals surface area contributed by atoms with Crippen molar-refractivity contribution in [2.45, 2.75) is 45.2 Å². The molecule has 0 aliphatic carbocycles. The standard InChI is InChI=1S/C21H23F3N4O3/c1-12-3-4-16(9-13(12)2)28-11-15(10-17(28)29)19(30)27-7-5-14(6-8-27)18-25-26-20(31-18)21(22,23)24/h3-4,9,14-15H,5-8,10-11H2,1-2H3. The van der Waals surface area contributed by atoms with Gasteiger partial charge in [0.05, 0.1) is 5.92 Å².